The number of rotatable bonds is 3. The Morgan fingerprint density at radius 1 is 1.25 bits per heavy atom. The van der Waals surface area contributed by atoms with Crippen molar-refractivity contribution < 1.29 is 29.3 Å². The van der Waals surface area contributed by atoms with E-state index < -0.39 is 23.7 Å². The first-order valence-corrected chi connectivity index (χ1v) is 12.3. The minimum absolute atomic E-state index is 0.00698. The van der Waals surface area contributed by atoms with Gasteiger partial charge in [0.05, 0.1) is 12.2 Å². The van der Waals surface area contributed by atoms with Crippen LogP contribution in [0, 0.1) is 34.5 Å². The average Bonchev–Trinajstić information content (AvgIpc) is 3.19. The van der Waals surface area contributed by atoms with Crippen molar-refractivity contribution in [1.29, 1.82) is 0 Å². The predicted molar refractivity (Wildman–Crippen MR) is 115 cm³/mol. The standard InChI is InChI=1S/C26H34O6/c1-24-9-8-16(28)10-15(24)6-7-17-18-11-21-26(20(30)13-27,25(18,2)12-19(29)22(17)24)32-23(31-21)14-4-3-5-14/h8-10,14,17-19,21-23,27,29H,3-7,11-13H2,1-2H3/t17-,18-,19-,21+,22+,23+,24-,25-,26+/m0/s1. The Morgan fingerprint density at radius 2 is 2.03 bits per heavy atom. The Balaban J connectivity index is 1.39. The maximum absolute atomic E-state index is 13.4. The van der Waals surface area contributed by atoms with E-state index in [-0.39, 0.29) is 47.1 Å². The number of ether oxygens (including phenoxy) is 2. The largest absolute Gasteiger partial charge is 0.393 e. The second-order valence-corrected chi connectivity index (χ2v) is 11.6. The molecule has 9 atom stereocenters. The summed E-state index contributed by atoms with van der Waals surface area (Å²) in [5, 5.41) is 21.6. The van der Waals surface area contributed by atoms with Gasteiger partial charge < -0.3 is 19.7 Å². The van der Waals surface area contributed by atoms with E-state index in [2.05, 4.69) is 13.8 Å². The second-order valence-electron chi connectivity index (χ2n) is 11.6. The van der Waals surface area contributed by atoms with Crippen LogP contribution < -0.4 is 0 Å². The number of ketones is 2. The highest BCUT2D eigenvalue weighted by molar-refractivity contribution is 6.01. The zero-order chi connectivity index (χ0) is 22.5. The third kappa shape index (κ3) is 2.45. The molecule has 32 heavy (non-hydrogen) atoms. The maximum Gasteiger partial charge on any atom is 0.193 e. The Labute approximate surface area is 189 Å². The van der Waals surface area contributed by atoms with E-state index >= 15 is 0 Å². The summed E-state index contributed by atoms with van der Waals surface area (Å²) in [6.45, 7) is 3.67. The van der Waals surface area contributed by atoms with Crippen LogP contribution in [0.25, 0.3) is 0 Å². The highest BCUT2D eigenvalue weighted by atomic mass is 16.7. The third-order valence-corrected chi connectivity index (χ3v) is 10.3. The van der Waals surface area contributed by atoms with Crippen molar-refractivity contribution >= 4 is 11.6 Å². The summed E-state index contributed by atoms with van der Waals surface area (Å²) in [4.78, 5) is 25.4. The highest BCUT2D eigenvalue weighted by Gasteiger charge is 2.76. The molecule has 0 aromatic rings. The Morgan fingerprint density at radius 3 is 2.72 bits per heavy atom. The number of carbonyl (C=O) groups excluding carboxylic acids is 2. The van der Waals surface area contributed by atoms with Gasteiger partial charge >= 0.3 is 0 Å². The summed E-state index contributed by atoms with van der Waals surface area (Å²) in [7, 11) is 0. The van der Waals surface area contributed by atoms with Gasteiger partial charge in [-0.05, 0) is 62.5 Å². The van der Waals surface area contributed by atoms with Crippen LogP contribution in [-0.4, -0.2) is 52.5 Å². The number of aliphatic hydroxyl groups is 2. The van der Waals surface area contributed by atoms with Crippen LogP contribution in [0.3, 0.4) is 0 Å². The van der Waals surface area contributed by atoms with Crippen molar-refractivity contribution in [3.63, 3.8) is 0 Å². The van der Waals surface area contributed by atoms with Gasteiger partial charge in [-0.1, -0.05) is 31.9 Å². The first-order chi connectivity index (χ1) is 15.2. The van der Waals surface area contributed by atoms with Crippen molar-refractivity contribution in [2.75, 3.05) is 6.61 Å². The van der Waals surface area contributed by atoms with Crippen LogP contribution in [0.2, 0.25) is 0 Å². The van der Waals surface area contributed by atoms with Gasteiger partial charge in [-0.3, -0.25) is 9.59 Å². The molecule has 0 amide bonds. The monoisotopic (exact) mass is 442 g/mol. The summed E-state index contributed by atoms with van der Waals surface area (Å²) >= 11 is 0. The molecule has 174 valence electrons. The molecule has 0 unspecified atom stereocenters. The van der Waals surface area contributed by atoms with E-state index in [0.717, 1.165) is 44.1 Å². The van der Waals surface area contributed by atoms with Crippen molar-refractivity contribution in [1.82, 2.24) is 0 Å². The van der Waals surface area contributed by atoms with Gasteiger partial charge in [-0.2, -0.15) is 0 Å². The number of hydrogen-bond acceptors (Lipinski definition) is 6. The molecule has 6 heteroatoms. The van der Waals surface area contributed by atoms with E-state index in [4.69, 9.17) is 9.47 Å². The number of allylic oxidation sites excluding steroid dienone is 4. The zero-order valence-corrected chi connectivity index (χ0v) is 19.0. The van der Waals surface area contributed by atoms with Gasteiger partial charge in [-0.15, -0.1) is 0 Å². The lowest BCUT2D eigenvalue weighted by Gasteiger charge is -2.59. The molecule has 1 heterocycles. The van der Waals surface area contributed by atoms with Gasteiger partial charge in [0.15, 0.2) is 23.5 Å². The summed E-state index contributed by atoms with van der Waals surface area (Å²) in [6.07, 6.45) is 10.1. The Kier molecular flexibility index (Phi) is 4.54. The van der Waals surface area contributed by atoms with Crippen LogP contribution in [0.4, 0.5) is 0 Å². The molecule has 6 rings (SSSR count). The molecule has 0 radical (unpaired) electrons. The maximum atomic E-state index is 13.4. The fourth-order valence-electron chi connectivity index (χ4n) is 8.63. The summed E-state index contributed by atoms with van der Waals surface area (Å²) in [5.74, 6) is 0.393. The number of carbonyl (C=O) groups is 2. The van der Waals surface area contributed by atoms with E-state index in [0.29, 0.717) is 12.3 Å². The van der Waals surface area contributed by atoms with Crippen LogP contribution in [0.5, 0.6) is 0 Å². The van der Waals surface area contributed by atoms with Crippen LogP contribution in [-0.2, 0) is 19.1 Å². The topological polar surface area (TPSA) is 93.1 Å². The molecule has 0 aromatic heterocycles. The van der Waals surface area contributed by atoms with Crippen molar-refractivity contribution in [3.05, 3.63) is 23.8 Å². The van der Waals surface area contributed by atoms with Gasteiger partial charge in [0.25, 0.3) is 0 Å². The van der Waals surface area contributed by atoms with Crippen LogP contribution >= 0.6 is 0 Å². The molecule has 1 aliphatic heterocycles. The predicted octanol–water partition coefficient (Wildman–Crippen LogP) is 2.72. The molecule has 6 nitrogen and oxygen atoms in total. The average molecular weight is 443 g/mol. The molecule has 0 aromatic carbocycles. The quantitative estimate of drug-likeness (QED) is 0.698. The van der Waals surface area contributed by atoms with E-state index in [9.17, 15) is 19.8 Å². The van der Waals surface area contributed by atoms with Gasteiger partial charge in [0.1, 0.15) is 6.61 Å². The molecule has 5 aliphatic carbocycles. The van der Waals surface area contributed by atoms with E-state index in [1.165, 1.54) is 0 Å². The number of fused-ring (bicyclic) bond motifs is 7. The minimum Gasteiger partial charge on any atom is -0.393 e. The van der Waals surface area contributed by atoms with Crippen molar-refractivity contribution in [2.45, 2.75) is 82.9 Å². The Hall–Kier alpha value is -1.34. The summed E-state index contributed by atoms with van der Waals surface area (Å²) in [6, 6.07) is 0. The fourth-order valence-corrected chi connectivity index (χ4v) is 8.63. The molecular formula is C26H34O6. The minimum atomic E-state index is -1.19. The molecule has 2 N–H and O–H groups in total. The summed E-state index contributed by atoms with van der Waals surface area (Å²) < 4.78 is 13.0. The molecular weight excluding hydrogens is 408 g/mol. The third-order valence-electron chi connectivity index (χ3n) is 10.3. The molecule has 0 bridgehead atoms. The molecule has 1 saturated heterocycles. The fraction of sp³-hybridized carbons (Fsp3) is 0.769. The van der Waals surface area contributed by atoms with Crippen LogP contribution in [0.15, 0.2) is 23.8 Å². The lowest BCUT2D eigenvalue weighted by Crippen LogP contribution is -2.63. The van der Waals surface area contributed by atoms with Crippen molar-refractivity contribution in [2.24, 2.45) is 34.5 Å². The normalized spacial score (nSPS) is 51.9. The van der Waals surface area contributed by atoms with Gasteiger partial charge in [0.2, 0.25) is 0 Å². The molecule has 6 aliphatic rings. The number of Topliss-reactive ketones (excluding diaryl/α,β-unsaturated/α-hetero) is 1. The first-order valence-electron chi connectivity index (χ1n) is 12.3. The Bertz CT molecular complexity index is 919. The lowest BCUT2D eigenvalue weighted by molar-refractivity contribution is -0.212. The lowest BCUT2D eigenvalue weighted by atomic mass is 9.46. The van der Waals surface area contributed by atoms with Crippen LogP contribution in [0.1, 0.15) is 58.8 Å². The van der Waals surface area contributed by atoms with E-state index in [1.54, 1.807) is 12.2 Å². The van der Waals surface area contributed by atoms with Crippen molar-refractivity contribution in [3.8, 4) is 0 Å². The first kappa shape index (κ1) is 21.2. The van der Waals surface area contributed by atoms with E-state index in [1.807, 2.05) is 6.08 Å². The molecule has 4 saturated carbocycles. The zero-order valence-electron chi connectivity index (χ0n) is 19.0. The highest BCUT2D eigenvalue weighted by Crippen LogP contribution is 2.70. The van der Waals surface area contributed by atoms with Gasteiger partial charge in [0, 0.05) is 22.7 Å². The molecule has 5 fully saturated rings. The smallest absolute Gasteiger partial charge is 0.193 e. The summed E-state index contributed by atoms with van der Waals surface area (Å²) in [5.41, 5.74) is -1.01. The number of hydrogen-bond donors (Lipinski definition) is 2. The SMILES string of the molecule is C[C@]12C=CC(=O)C=C1CC[C@@H]1[C@@H]2[C@@H](O)C[C@@]2(C)[C@H]1C[C@H]1O[C@@H](C3CCC3)O[C@]12C(=O)CO. The second kappa shape index (κ2) is 6.84. The molecule has 0 spiro atoms. The number of aliphatic hydroxyl groups excluding tert-OH is 2. The van der Waals surface area contributed by atoms with Gasteiger partial charge in [-0.25, -0.2) is 0 Å².